The van der Waals surface area contributed by atoms with E-state index in [1.165, 1.54) is 139 Å². The van der Waals surface area contributed by atoms with E-state index in [-0.39, 0.29) is 0 Å². The average molecular weight is 1470 g/mol. The van der Waals surface area contributed by atoms with Gasteiger partial charge in [-0.15, -0.1) is 22.7 Å². The minimum Gasteiger partial charge on any atom is -0.456 e. The Bertz CT molecular complexity index is 7910. The lowest BCUT2D eigenvalue weighted by Crippen LogP contribution is -2.10. The van der Waals surface area contributed by atoms with Crippen LogP contribution >= 0.6 is 22.7 Å². The molecule has 0 unspecified atom stereocenters. The minimum atomic E-state index is 0.878. The molecular weight excluding hydrogens is 1400 g/mol. The van der Waals surface area contributed by atoms with Gasteiger partial charge in [-0.05, 0) is 202 Å². The van der Waals surface area contributed by atoms with Gasteiger partial charge < -0.3 is 27.8 Å². The van der Waals surface area contributed by atoms with Gasteiger partial charge in [0.15, 0.2) is 0 Å². The highest BCUT2D eigenvalue weighted by molar-refractivity contribution is 7.26. The molecule has 0 saturated carbocycles. The fourth-order valence-corrected chi connectivity index (χ4v) is 19.9. The van der Waals surface area contributed by atoms with Crippen molar-refractivity contribution in [2.75, 3.05) is 9.80 Å². The van der Waals surface area contributed by atoms with Crippen molar-refractivity contribution in [1.29, 1.82) is 0 Å². The number of para-hydroxylation sites is 4. The third-order valence-electron chi connectivity index (χ3n) is 22.7. The lowest BCUT2D eigenvalue weighted by Gasteiger charge is -2.27. The molecule has 0 N–H and O–H groups in total. The molecule has 0 amide bonds. The Morgan fingerprint density at radius 1 is 0.214 bits per heavy atom. The van der Waals surface area contributed by atoms with E-state index in [1.54, 1.807) is 0 Å². The fraction of sp³-hybridized carbons (Fsp3) is 0. The van der Waals surface area contributed by atoms with Crippen LogP contribution in [0.5, 0.6) is 0 Å². The van der Waals surface area contributed by atoms with Gasteiger partial charge in [-0.25, -0.2) is 0 Å². The molecule has 524 valence electrons. The minimum absolute atomic E-state index is 0.878. The van der Waals surface area contributed by atoms with E-state index in [0.717, 1.165) is 78.0 Å². The Morgan fingerprint density at radius 3 is 1.17 bits per heavy atom. The maximum atomic E-state index is 6.42. The molecule has 6 heterocycles. The number of hydrogen-bond donors (Lipinski definition) is 0. The van der Waals surface area contributed by atoms with Crippen LogP contribution in [-0.4, -0.2) is 9.13 Å². The van der Waals surface area contributed by atoms with Gasteiger partial charge in [0.25, 0.3) is 0 Å². The Kier molecular flexibility index (Phi) is 14.6. The molecule has 0 saturated heterocycles. The highest BCUT2D eigenvalue weighted by atomic mass is 32.1. The summed E-state index contributed by atoms with van der Waals surface area (Å²) in [6.07, 6.45) is 0. The highest BCUT2D eigenvalue weighted by Crippen LogP contribution is 2.51. The molecule has 6 aromatic heterocycles. The molecule has 24 rings (SSSR count). The van der Waals surface area contributed by atoms with Gasteiger partial charge in [-0.2, -0.15) is 0 Å². The van der Waals surface area contributed by atoms with Crippen molar-refractivity contribution in [3.8, 4) is 33.6 Å². The number of fused-ring (bicyclic) bond motifs is 20. The van der Waals surface area contributed by atoms with Crippen molar-refractivity contribution < 1.29 is 8.83 Å². The Labute approximate surface area is 651 Å². The molecule has 0 aliphatic heterocycles. The third-order valence-corrected chi connectivity index (χ3v) is 25.1. The summed E-state index contributed by atoms with van der Waals surface area (Å²) in [5.74, 6) is 0. The van der Waals surface area contributed by atoms with Gasteiger partial charge in [0, 0.05) is 96.4 Å². The topological polar surface area (TPSA) is 42.6 Å². The quantitative estimate of drug-likeness (QED) is 0.137. The van der Waals surface area contributed by atoms with Crippen molar-refractivity contribution >= 4 is 206 Å². The Hall–Kier alpha value is -14.3. The summed E-state index contributed by atoms with van der Waals surface area (Å²) < 4.78 is 22.7. The largest absolute Gasteiger partial charge is 0.456 e. The van der Waals surface area contributed by atoms with E-state index in [9.17, 15) is 0 Å². The van der Waals surface area contributed by atoms with Crippen LogP contribution < -0.4 is 9.80 Å². The molecule has 8 heteroatoms. The second kappa shape index (κ2) is 25.7. The molecule has 0 aliphatic carbocycles. The molecule has 0 aliphatic rings. The van der Waals surface area contributed by atoms with Crippen LogP contribution in [0.1, 0.15) is 0 Å². The van der Waals surface area contributed by atoms with E-state index in [1.807, 2.05) is 34.8 Å². The van der Waals surface area contributed by atoms with Gasteiger partial charge in [-0.3, -0.25) is 0 Å². The van der Waals surface area contributed by atoms with Crippen LogP contribution in [0.2, 0.25) is 0 Å². The molecule has 0 spiro atoms. The van der Waals surface area contributed by atoms with Gasteiger partial charge in [-0.1, -0.05) is 231 Å². The van der Waals surface area contributed by atoms with Crippen LogP contribution in [0.3, 0.4) is 0 Å². The van der Waals surface area contributed by atoms with E-state index < -0.39 is 0 Å². The first-order chi connectivity index (χ1) is 55.5. The SMILES string of the molecule is c1ccc2cc(-n3c4ccccc4c4cc(-c5ccc(N(c6ccc7sc8ccccc8c7c6)c6cccc7oc8ccccc8c67)cc5)ccc43)ccc2c1.c1ccc2cc(-n3c4ccccc4c4cc(-c5ccc(N(c6cccc7c6sc6ccccc67)c6cccc7oc8ccccc8c67)cc5)ccc43)ccc2c1. The summed E-state index contributed by atoms with van der Waals surface area (Å²) in [6.45, 7) is 0. The number of aromatic nitrogens is 2. The molecule has 0 radical (unpaired) electrons. The zero-order chi connectivity index (χ0) is 73.5. The third kappa shape index (κ3) is 10.3. The monoisotopic (exact) mass is 1460 g/mol. The molecule has 24 aromatic rings. The highest BCUT2D eigenvalue weighted by Gasteiger charge is 2.26. The lowest BCUT2D eigenvalue weighted by molar-refractivity contribution is 0.668. The zero-order valence-electron chi connectivity index (χ0n) is 60.4. The molecule has 6 nitrogen and oxygen atoms in total. The van der Waals surface area contributed by atoms with Crippen molar-refractivity contribution in [3.05, 3.63) is 388 Å². The van der Waals surface area contributed by atoms with E-state index in [2.05, 4.69) is 395 Å². The summed E-state index contributed by atoms with van der Waals surface area (Å²) in [5, 5.41) is 19.5. The predicted octanol–water partition coefficient (Wildman–Crippen LogP) is 30.7. The van der Waals surface area contributed by atoms with Crippen molar-refractivity contribution in [2.45, 2.75) is 0 Å². The molecule has 0 atom stereocenters. The van der Waals surface area contributed by atoms with Crippen LogP contribution in [-0.2, 0) is 0 Å². The standard InChI is InChI=1S/2C52H32N2OS/c1-2-12-35-31-38(29-25-33(35)11-1)54-44-17-6-3-13-39(44)43-32-36(26-30-45(43)54)34-23-27-37(28-24-34)53(46-18-10-21-49-51(46)42-15-4-7-20-48(42)55-49)47-19-9-16-41-40-14-5-8-22-50(40)56-52(41)47;1-2-11-35-30-38(26-22-33(35)10-1)54-45-15-6-3-12-40(45)43-31-36(23-28-46(43)54)34-20-24-37(25-21-34)53(39-27-29-51-44(32-39)41-13-5-8-19-50(41)56-51)47-16-9-18-49-52(47)42-14-4-7-17-48(42)55-49/h2*1-32H. The lowest BCUT2D eigenvalue weighted by atomic mass is 10.0. The van der Waals surface area contributed by atoms with E-state index >= 15 is 0 Å². The maximum Gasteiger partial charge on any atom is 0.137 e. The molecule has 0 bridgehead atoms. The van der Waals surface area contributed by atoms with E-state index in [4.69, 9.17) is 8.83 Å². The number of hydrogen-bond acceptors (Lipinski definition) is 6. The number of rotatable bonds is 10. The normalized spacial score (nSPS) is 11.9. The summed E-state index contributed by atoms with van der Waals surface area (Å²) in [5.41, 5.74) is 22.0. The van der Waals surface area contributed by atoms with Crippen molar-refractivity contribution in [3.63, 3.8) is 0 Å². The Balaban J connectivity index is 0.000000134. The first kappa shape index (κ1) is 63.8. The predicted molar refractivity (Wildman–Crippen MR) is 477 cm³/mol. The number of nitrogens with zero attached hydrogens (tertiary/aromatic N) is 4. The zero-order valence-corrected chi connectivity index (χ0v) is 62.0. The van der Waals surface area contributed by atoms with Gasteiger partial charge >= 0.3 is 0 Å². The number of thiophene rings is 2. The number of furan rings is 2. The first-order valence-corrected chi connectivity index (χ1v) is 39.6. The summed E-state index contributed by atoms with van der Waals surface area (Å²) >= 11 is 3.70. The molecule has 18 aromatic carbocycles. The number of benzene rings is 18. The maximum absolute atomic E-state index is 6.42. The van der Waals surface area contributed by atoms with E-state index in [0.29, 0.717) is 0 Å². The van der Waals surface area contributed by atoms with Crippen LogP contribution in [0.25, 0.3) is 183 Å². The fourth-order valence-electron chi connectivity index (χ4n) is 17.6. The Morgan fingerprint density at radius 2 is 0.607 bits per heavy atom. The summed E-state index contributed by atoms with van der Waals surface area (Å²) in [6, 6.07) is 141. The summed E-state index contributed by atoms with van der Waals surface area (Å²) in [4.78, 5) is 4.81. The van der Waals surface area contributed by atoms with Gasteiger partial charge in [0.05, 0.1) is 54.6 Å². The van der Waals surface area contributed by atoms with Crippen LogP contribution in [0.15, 0.2) is 397 Å². The average Bonchev–Trinajstić information content (AvgIpc) is 1.57. The van der Waals surface area contributed by atoms with Gasteiger partial charge in [0.2, 0.25) is 0 Å². The smallest absolute Gasteiger partial charge is 0.137 e. The van der Waals surface area contributed by atoms with Crippen LogP contribution in [0.4, 0.5) is 34.1 Å². The van der Waals surface area contributed by atoms with Crippen molar-refractivity contribution in [1.82, 2.24) is 9.13 Å². The number of anilines is 6. The van der Waals surface area contributed by atoms with Gasteiger partial charge in [0.1, 0.15) is 22.3 Å². The molecule has 0 fully saturated rings. The summed E-state index contributed by atoms with van der Waals surface area (Å²) in [7, 11) is 0. The first-order valence-electron chi connectivity index (χ1n) is 38.0. The van der Waals surface area contributed by atoms with Crippen molar-refractivity contribution in [2.24, 2.45) is 0 Å². The molecule has 112 heavy (non-hydrogen) atoms. The second-order valence-electron chi connectivity index (χ2n) is 29.0. The van der Waals surface area contributed by atoms with Crippen LogP contribution in [0, 0.1) is 0 Å². The second-order valence-corrected chi connectivity index (χ2v) is 31.2. The molecular formula is C104H64N4O2S2.